The van der Waals surface area contributed by atoms with E-state index in [9.17, 15) is 13.8 Å². The molecule has 0 radical (unpaired) electrons. The highest BCUT2D eigenvalue weighted by atomic mass is 32.2. The summed E-state index contributed by atoms with van der Waals surface area (Å²) in [5.41, 5.74) is 0.954. The van der Waals surface area contributed by atoms with Crippen LogP contribution in [0.2, 0.25) is 0 Å². The molecule has 0 aliphatic carbocycles. The minimum Gasteiger partial charge on any atom is -0.496 e. The predicted molar refractivity (Wildman–Crippen MR) is 78.7 cm³/mol. The number of nitrogens with one attached hydrogen (secondary N) is 2. The van der Waals surface area contributed by atoms with E-state index in [-0.39, 0.29) is 12.0 Å². The Morgan fingerprint density at radius 3 is 2.57 bits per heavy atom. The zero-order valence-electron chi connectivity index (χ0n) is 12.0. The summed E-state index contributed by atoms with van der Waals surface area (Å²) < 4.78 is 18.4. The summed E-state index contributed by atoms with van der Waals surface area (Å²) in [7, 11) is 1.50. The molecule has 0 saturated heterocycles. The van der Waals surface area contributed by atoms with Crippen molar-refractivity contribution in [2.24, 2.45) is 0 Å². The van der Waals surface area contributed by atoms with Gasteiger partial charge in [0.1, 0.15) is 22.8 Å². The first-order valence-corrected chi connectivity index (χ1v) is 7.66. The van der Waals surface area contributed by atoms with Gasteiger partial charge in [-0.05, 0) is 31.2 Å². The molecule has 1 unspecified atom stereocenters. The number of ether oxygens (including phenoxy) is 1. The Kier molecular flexibility index (Phi) is 6.32. The summed E-state index contributed by atoms with van der Waals surface area (Å²) in [4.78, 5) is 22.8. The van der Waals surface area contributed by atoms with Gasteiger partial charge in [-0.15, -0.1) is 0 Å². The maximum Gasteiger partial charge on any atom is 0.321 e. The number of carbonyl (C=O) groups excluding carboxylic acids is 1. The number of carboxylic acid groups (broad SMARTS) is 1. The largest absolute Gasteiger partial charge is 0.496 e. The van der Waals surface area contributed by atoms with Crippen molar-refractivity contribution in [3.63, 3.8) is 0 Å². The molecule has 2 atom stereocenters. The van der Waals surface area contributed by atoms with Crippen molar-refractivity contribution in [2.75, 3.05) is 20.4 Å². The second-order valence-electron chi connectivity index (χ2n) is 4.30. The average Bonchev–Trinajstić information content (AvgIpc) is 2.43. The van der Waals surface area contributed by atoms with Crippen molar-refractivity contribution in [3.05, 3.63) is 29.3 Å². The molecule has 21 heavy (non-hydrogen) atoms. The van der Waals surface area contributed by atoms with Crippen LogP contribution in [0, 0.1) is 0 Å². The minimum atomic E-state index is -1.47. The molecule has 0 spiro atoms. The maximum absolute atomic E-state index is 11.8. The van der Waals surface area contributed by atoms with E-state index in [1.807, 2.05) is 0 Å². The highest BCUT2D eigenvalue weighted by Crippen LogP contribution is 2.21. The first kappa shape index (κ1) is 17.1. The molecule has 1 amide bonds. The quantitative estimate of drug-likeness (QED) is 0.651. The molecule has 0 heterocycles. The Bertz CT molecular complexity index is 561. The maximum atomic E-state index is 11.8. The Morgan fingerprint density at radius 2 is 2.10 bits per heavy atom. The third-order valence-corrected chi connectivity index (χ3v) is 3.31. The molecule has 0 fully saturated rings. The number of carbonyl (C=O) groups is 2. The molecule has 1 aromatic rings. The fourth-order valence-electron chi connectivity index (χ4n) is 1.78. The Balaban J connectivity index is 3.00. The van der Waals surface area contributed by atoms with Gasteiger partial charge in [0.25, 0.3) is 5.91 Å². The van der Waals surface area contributed by atoms with Crippen LogP contribution >= 0.6 is 0 Å². The number of likely N-dealkylation sites (N-methyl/N-ethyl adjacent to an activating group) is 1. The zero-order valence-corrected chi connectivity index (χ0v) is 12.8. The lowest BCUT2D eigenvalue weighted by atomic mass is 10.0. The van der Waals surface area contributed by atoms with Crippen molar-refractivity contribution in [1.82, 2.24) is 10.0 Å². The summed E-state index contributed by atoms with van der Waals surface area (Å²) >= 11 is 0. The molecular weight excluding hydrogens is 296 g/mol. The van der Waals surface area contributed by atoms with Crippen molar-refractivity contribution < 1.29 is 23.6 Å². The SMILES string of the molecule is CN[C@@H](Cc1ccc(C(=O)NS(C)=O)c(OC)c1)C(=O)O. The number of hydrogen-bond donors (Lipinski definition) is 3. The van der Waals surface area contributed by atoms with E-state index >= 15 is 0 Å². The summed E-state index contributed by atoms with van der Waals surface area (Å²) in [5, 5.41) is 11.7. The van der Waals surface area contributed by atoms with E-state index in [0.29, 0.717) is 11.3 Å². The Labute approximate surface area is 125 Å². The first-order valence-electron chi connectivity index (χ1n) is 6.10. The van der Waals surface area contributed by atoms with E-state index in [2.05, 4.69) is 10.0 Å². The highest BCUT2D eigenvalue weighted by molar-refractivity contribution is 7.82. The fraction of sp³-hybridized carbons (Fsp3) is 0.385. The molecule has 0 aromatic heterocycles. The number of hydrogen-bond acceptors (Lipinski definition) is 5. The van der Waals surface area contributed by atoms with Gasteiger partial charge in [0.15, 0.2) is 0 Å². The lowest BCUT2D eigenvalue weighted by Gasteiger charge is -2.13. The normalized spacial score (nSPS) is 13.3. The van der Waals surface area contributed by atoms with E-state index in [4.69, 9.17) is 9.84 Å². The minimum absolute atomic E-state index is 0.243. The van der Waals surface area contributed by atoms with Crippen LogP contribution in [0.3, 0.4) is 0 Å². The van der Waals surface area contributed by atoms with Crippen LogP contribution in [-0.2, 0) is 22.2 Å². The molecule has 0 bridgehead atoms. The average molecular weight is 314 g/mol. The van der Waals surface area contributed by atoms with Gasteiger partial charge in [-0.3, -0.25) is 14.3 Å². The lowest BCUT2D eigenvalue weighted by molar-refractivity contribution is -0.139. The fourth-order valence-corrected chi connectivity index (χ4v) is 2.16. The molecule has 3 N–H and O–H groups in total. The monoisotopic (exact) mass is 314 g/mol. The summed E-state index contributed by atoms with van der Waals surface area (Å²) in [6.45, 7) is 0. The van der Waals surface area contributed by atoms with Gasteiger partial charge in [-0.1, -0.05) is 6.07 Å². The Hall–Kier alpha value is -1.93. The summed E-state index contributed by atoms with van der Waals surface area (Å²) in [6.07, 6.45) is 1.60. The number of methoxy groups -OCH3 is 1. The van der Waals surface area contributed by atoms with Gasteiger partial charge in [0.05, 0.1) is 12.7 Å². The summed E-state index contributed by atoms with van der Waals surface area (Å²) in [6, 6.07) is 4.03. The van der Waals surface area contributed by atoms with E-state index < -0.39 is 28.9 Å². The number of aliphatic carboxylic acids is 1. The standard InChI is InChI=1S/C13H18N2O5S/c1-14-10(13(17)18)6-8-4-5-9(11(7-8)20-2)12(16)15-21(3)19/h4-5,7,10,14H,6H2,1-3H3,(H,15,16)(H,17,18)/t10-,21?/m0/s1. The molecule has 1 rings (SSSR count). The number of amides is 1. The van der Waals surface area contributed by atoms with E-state index in [0.717, 1.165) is 0 Å². The molecule has 8 heteroatoms. The third kappa shape index (κ3) is 4.83. The van der Waals surface area contributed by atoms with E-state index in [1.165, 1.54) is 19.4 Å². The van der Waals surface area contributed by atoms with Crippen molar-refractivity contribution in [2.45, 2.75) is 12.5 Å². The van der Waals surface area contributed by atoms with Crippen LogP contribution in [0.25, 0.3) is 0 Å². The molecule has 0 aliphatic rings. The lowest BCUT2D eigenvalue weighted by Crippen LogP contribution is -2.35. The van der Waals surface area contributed by atoms with Gasteiger partial charge < -0.3 is 15.2 Å². The molecule has 116 valence electrons. The second-order valence-corrected chi connectivity index (χ2v) is 5.42. The first-order chi connectivity index (χ1) is 9.88. The predicted octanol–water partition coefficient (Wildman–Crippen LogP) is -0.0664. The van der Waals surface area contributed by atoms with Crippen molar-refractivity contribution in [1.29, 1.82) is 0 Å². The molecule has 0 aliphatic heterocycles. The van der Waals surface area contributed by atoms with Crippen molar-refractivity contribution in [3.8, 4) is 5.75 Å². The van der Waals surface area contributed by atoms with Crippen LogP contribution in [0.4, 0.5) is 0 Å². The van der Waals surface area contributed by atoms with Crippen LogP contribution < -0.4 is 14.8 Å². The second kappa shape index (κ2) is 7.75. The Morgan fingerprint density at radius 1 is 1.43 bits per heavy atom. The van der Waals surface area contributed by atoms with Gasteiger partial charge in [0, 0.05) is 6.26 Å². The molecule has 1 aromatic carbocycles. The molecular formula is C13H18N2O5S. The van der Waals surface area contributed by atoms with Crippen LogP contribution in [-0.4, -0.2) is 47.6 Å². The number of rotatable bonds is 7. The van der Waals surface area contributed by atoms with Gasteiger partial charge in [-0.25, -0.2) is 4.21 Å². The highest BCUT2D eigenvalue weighted by Gasteiger charge is 2.18. The topological polar surface area (TPSA) is 105 Å². The van der Waals surface area contributed by atoms with Gasteiger partial charge in [-0.2, -0.15) is 0 Å². The number of benzene rings is 1. The van der Waals surface area contributed by atoms with Crippen LogP contribution in [0.5, 0.6) is 5.75 Å². The molecule has 0 saturated carbocycles. The number of carboxylic acids is 1. The van der Waals surface area contributed by atoms with Gasteiger partial charge in [0.2, 0.25) is 0 Å². The zero-order chi connectivity index (χ0) is 16.0. The molecule has 7 nitrogen and oxygen atoms in total. The van der Waals surface area contributed by atoms with E-state index in [1.54, 1.807) is 19.2 Å². The third-order valence-electron chi connectivity index (χ3n) is 2.83. The van der Waals surface area contributed by atoms with Gasteiger partial charge >= 0.3 is 5.97 Å². The van der Waals surface area contributed by atoms with Crippen LogP contribution in [0.1, 0.15) is 15.9 Å². The summed E-state index contributed by atoms with van der Waals surface area (Å²) in [5.74, 6) is -1.17. The van der Waals surface area contributed by atoms with Crippen molar-refractivity contribution >= 4 is 22.9 Å². The smallest absolute Gasteiger partial charge is 0.321 e. The van der Waals surface area contributed by atoms with Crippen LogP contribution in [0.15, 0.2) is 18.2 Å².